The lowest BCUT2D eigenvalue weighted by Crippen LogP contribution is -1.82. The highest BCUT2D eigenvalue weighted by atomic mass is 79.9. The molecule has 0 saturated carbocycles. The number of benzene rings is 2. The van der Waals surface area contributed by atoms with Crippen molar-refractivity contribution in [3.05, 3.63) is 76.5 Å². The maximum Gasteiger partial charge on any atom is 0.0871 e. The van der Waals surface area contributed by atoms with E-state index in [-0.39, 0.29) is 0 Å². The Balaban J connectivity index is 1.83. The Labute approximate surface area is 136 Å². The second-order valence-corrected chi connectivity index (χ2v) is 6.09. The molecule has 0 aliphatic carbocycles. The molecule has 0 bridgehead atoms. The lowest BCUT2D eigenvalue weighted by atomic mass is 10.1. The molecule has 0 aliphatic heterocycles. The van der Waals surface area contributed by atoms with E-state index >= 15 is 0 Å². The van der Waals surface area contributed by atoms with Crippen LogP contribution in [0.25, 0.3) is 34.0 Å². The van der Waals surface area contributed by atoms with E-state index in [4.69, 9.17) is 0 Å². The van der Waals surface area contributed by atoms with Gasteiger partial charge in [0, 0.05) is 27.0 Å². The van der Waals surface area contributed by atoms with Crippen LogP contribution in [0, 0.1) is 0 Å². The molecule has 4 aromatic rings. The first-order valence-electron chi connectivity index (χ1n) is 7.10. The minimum absolute atomic E-state index is 0.955. The van der Waals surface area contributed by atoms with E-state index in [0.717, 1.165) is 26.8 Å². The Morgan fingerprint density at radius 3 is 2.55 bits per heavy atom. The van der Waals surface area contributed by atoms with Crippen molar-refractivity contribution >= 4 is 49.9 Å². The van der Waals surface area contributed by atoms with Crippen LogP contribution in [0.3, 0.4) is 0 Å². The topological polar surface area (TPSA) is 28.7 Å². The van der Waals surface area contributed by atoms with E-state index in [0.29, 0.717) is 0 Å². The van der Waals surface area contributed by atoms with Gasteiger partial charge in [-0.25, -0.2) is 0 Å². The molecule has 0 spiro atoms. The first-order valence-corrected chi connectivity index (χ1v) is 7.90. The van der Waals surface area contributed by atoms with E-state index < -0.39 is 0 Å². The monoisotopic (exact) mass is 348 g/mol. The average Bonchev–Trinajstić information content (AvgIpc) is 2.94. The number of nitrogens with zero attached hydrogens (tertiary/aromatic N) is 1. The largest absolute Gasteiger partial charge is 0.353 e. The minimum atomic E-state index is 0.955. The number of H-pyrrole nitrogens is 1. The zero-order valence-electron chi connectivity index (χ0n) is 11.8. The second-order valence-electron chi connectivity index (χ2n) is 5.17. The van der Waals surface area contributed by atoms with E-state index in [1.54, 1.807) is 0 Å². The highest BCUT2D eigenvalue weighted by Crippen LogP contribution is 2.27. The van der Waals surface area contributed by atoms with Crippen LogP contribution >= 0.6 is 15.9 Å². The summed E-state index contributed by atoms with van der Waals surface area (Å²) >= 11 is 3.45. The number of hydrogen-bond acceptors (Lipinski definition) is 1. The van der Waals surface area contributed by atoms with Crippen molar-refractivity contribution in [2.45, 2.75) is 0 Å². The normalized spacial score (nSPS) is 11.7. The number of para-hydroxylation sites is 1. The number of rotatable bonds is 2. The number of aromatic amines is 1. The van der Waals surface area contributed by atoms with Gasteiger partial charge in [-0.2, -0.15) is 0 Å². The number of fused-ring (bicyclic) bond motifs is 3. The average molecular weight is 349 g/mol. The fraction of sp³-hybridized carbons (Fsp3) is 0. The molecular formula is C19H13BrN2. The van der Waals surface area contributed by atoms with Gasteiger partial charge in [0.25, 0.3) is 0 Å². The van der Waals surface area contributed by atoms with E-state index in [9.17, 15) is 0 Å². The van der Waals surface area contributed by atoms with Gasteiger partial charge in [-0.3, -0.25) is 4.98 Å². The zero-order chi connectivity index (χ0) is 14.9. The molecule has 4 rings (SSSR count). The number of nitrogens with one attached hydrogen (secondary N) is 1. The summed E-state index contributed by atoms with van der Waals surface area (Å²) in [6, 6.07) is 18.6. The summed E-state index contributed by atoms with van der Waals surface area (Å²) in [6.45, 7) is 0. The van der Waals surface area contributed by atoms with Crippen molar-refractivity contribution < 1.29 is 0 Å². The maximum absolute atomic E-state index is 4.51. The summed E-state index contributed by atoms with van der Waals surface area (Å²) in [6.07, 6.45) is 6.00. The van der Waals surface area contributed by atoms with Gasteiger partial charge in [-0.15, -0.1) is 0 Å². The molecule has 106 valence electrons. The molecule has 0 saturated heterocycles. The molecule has 0 amide bonds. The molecule has 0 aliphatic rings. The number of pyridine rings is 1. The zero-order valence-corrected chi connectivity index (χ0v) is 13.3. The summed E-state index contributed by atoms with van der Waals surface area (Å²) in [7, 11) is 0. The third-order valence-electron chi connectivity index (χ3n) is 3.76. The van der Waals surface area contributed by atoms with Crippen LogP contribution in [0.4, 0.5) is 0 Å². The van der Waals surface area contributed by atoms with Crippen LogP contribution in [-0.4, -0.2) is 9.97 Å². The maximum atomic E-state index is 4.51. The summed E-state index contributed by atoms with van der Waals surface area (Å²) in [5, 5.41) is 2.44. The predicted octanol–water partition coefficient (Wildman–Crippen LogP) is 5.65. The van der Waals surface area contributed by atoms with Crippen LogP contribution in [0.1, 0.15) is 11.3 Å². The third kappa shape index (κ3) is 2.34. The molecule has 0 radical (unpaired) electrons. The molecule has 2 heterocycles. The summed E-state index contributed by atoms with van der Waals surface area (Å²) in [4.78, 5) is 7.98. The van der Waals surface area contributed by atoms with Crippen LogP contribution in [0.5, 0.6) is 0 Å². The molecule has 0 fully saturated rings. The predicted molar refractivity (Wildman–Crippen MR) is 96.7 cm³/mol. The van der Waals surface area contributed by atoms with Crippen molar-refractivity contribution in [1.82, 2.24) is 9.97 Å². The summed E-state index contributed by atoms with van der Waals surface area (Å²) in [5.74, 6) is 0. The van der Waals surface area contributed by atoms with Gasteiger partial charge >= 0.3 is 0 Å². The fourth-order valence-electron chi connectivity index (χ4n) is 2.67. The van der Waals surface area contributed by atoms with Crippen LogP contribution in [-0.2, 0) is 0 Å². The molecule has 1 N–H and O–H groups in total. The van der Waals surface area contributed by atoms with E-state index in [1.165, 1.54) is 10.8 Å². The van der Waals surface area contributed by atoms with Crippen molar-refractivity contribution in [2.24, 2.45) is 0 Å². The number of hydrogen-bond donors (Lipinski definition) is 1. The lowest BCUT2D eigenvalue weighted by Gasteiger charge is -1.97. The quantitative estimate of drug-likeness (QED) is 0.498. The SMILES string of the molecule is Brc1ccc(C=Cc2nccc3c2[nH]c2ccccc23)cc1. The highest BCUT2D eigenvalue weighted by Gasteiger charge is 2.06. The van der Waals surface area contributed by atoms with Crippen LogP contribution < -0.4 is 0 Å². The van der Waals surface area contributed by atoms with Gasteiger partial charge in [0.05, 0.1) is 11.2 Å². The van der Waals surface area contributed by atoms with E-state index in [2.05, 4.69) is 74.4 Å². The first-order chi connectivity index (χ1) is 10.8. The van der Waals surface area contributed by atoms with Crippen molar-refractivity contribution in [2.75, 3.05) is 0 Å². The molecule has 22 heavy (non-hydrogen) atoms. The van der Waals surface area contributed by atoms with Crippen molar-refractivity contribution in [3.8, 4) is 0 Å². The summed E-state index contributed by atoms with van der Waals surface area (Å²) < 4.78 is 1.08. The first kappa shape index (κ1) is 13.3. The smallest absolute Gasteiger partial charge is 0.0871 e. The molecule has 0 unspecified atom stereocenters. The number of halogens is 1. The molecule has 2 aromatic heterocycles. The molecule has 2 nitrogen and oxygen atoms in total. The molecule has 3 heteroatoms. The lowest BCUT2D eigenvalue weighted by molar-refractivity contribution is 1.31. The Hall–Kier alpha value is -2.39. The standard InChI is InChI=1S/C19H13BrN2/c20-14-8-5-13(6-9-14)7-10-18-19-16(11-12-21-18)15-3-1-2-4-17(15)22-19/h1-12,22H. The Morgan fingerprint density at radius 2 is 1.68 bits per heavy atom. The molecular weight excluding hydrogens is 336 g/mol. The van der Waals surface area contributed by atoms with Crippen molar-refractivity contribution in [3.63, 3.8) is 0 Å². The summed E-state index contributed by atoms with van der Waals surface area (Å²) in [5.41, 5.74) is 4.33. The Kier molecular flexibility index (Phi) is 3.28. The van der Waals surface area contributed by atoms with Crippen LogP contribution in [0.15, 0.2) is 65.3 Å². The second kappa shape index (κ2) is 5.43. The van der Waals surface area contributed by atoms with Gasteiger partial charge in [0.2, 0.25) is 0 Å². The molecule has 0 atom stereocenters. The minimum Gasteiger partial charge on any atom is -0.353 e. The highest BCUT2D eigenvalue weighted by molar-refractivity contribution is 9.10. The van der Waals surface area contributed by atoms with Gasteiger partial charge in [0.15, 0.2) is 0 Å². The van der Waals surface area contributed by atoms with Gasteiger partial charge in [-0.1, -0.05) is 52.3 Å². The van der Waals surface area contributed by atoms with E-state index in [1.807, 2.05) is 24.4 Å². The molecule has 2 aromatic carbocycles. The van der Waals surface area contributed by atoms with Crippen LogP contribution in [0.2, 0.25) is 0 Å². The van der Waals surface area contributed by atoms with Crippen molar-refractivity contribution in [1.29, 1.82) is 0 Å². The Bertz CT molecular complexity index is 981. The number of aromatic nitrogens is 2. The van der Waals surface area contributed by atoms with Gasteiger partial charge < -0.3 is 4.98 Å². The fourth-order valence-corrected chi connectivity index (χ4v) is 2.94. The van der Waals surface area contributed by atoms with Gasteiger partial charge in [0.1, 0.15) is 0 Å². The van der Waals surface area contributed by atoms with Gasteiger partial charge in [-0.05, 0) is 35.9 Å². The third-order valence-corrected chi connectivity index (χ3v) is 4.29. The Morgan fingerprint density at radius 1 is 0.864 bits per heavy atom.